The van der Waals surface area contributed by atoms with Crippen molar-refractivity contribution >= 4 is 22.5 Å². The van der Waals surface area contributed by atoms with Crippen LogP contribution in [0.3, 0.4) is 0 Å². The van der Waals surface area contributed by atoms with Gasteiger partial charge in [-0.15, -0.1) is 0 Å². The zero-order chi connectivity index (χ0) is 17.2. The first-order chi connectivity index (χ1) is 12.2. The van der Waals surface area contributed by atoms with Gasteiger partial charge in [0.15, 0.2) is 0 Å². The Labute approximate surface area is 145 Å². The van der Waals surface area contributed by atoms with Gasteiger partial charge >= 0.3 is 0 Å². The summed E-state index contributed by atoms with van der Waals surface area (Å²) in [5.74, 6) is 0.713. The van der Waals surface area contributed by atoms with E-state index in [0.29, 0.717) is 31.7 Å². The molecule has 1 saturated heterocycles. The first kappa shape index (κ1) is 15.4. The lowest BCUT2D eigenvalue weighted by Gasteiger charge is -2.35. The van der Waals surface area contributed by atoms with Gasteiger partial charge in [-0.05, 0) is 22.9 Å². The van der Waals surface area contributed by atoms with Crippen LogP contribution in [-0.2, 0) is 0 Å². The Kier molecular flexibility index (Phi) is 3.93. The molecular formula is C19H18N4O2. The number of piperazine rings is 1. The standard InChI is InChI=1S/C19H18N4O2/c24-17-12-15-4-2-1-3-14(15)11-16(17)19(25)23-9-7-22(8-10-23)18-13-20-5-6-21-18/h1-6,11-13,24H,7-10H2. The Bertz CT molecular complexity index is 906. The van der Waals surface area contributed by atoms with Gasteiger partial charge in [-0.2, -0.15) is 0 Å². The zero-order valence-corrected chi connectivity index (χ0v) is 13.7. The van der Waals surface area contributed by atoms with Crippen molar-refractivity contribution in [1.29, 1.82) is 0 Å². The number of rotatable bonds is 2. The van der Waals surface area contributed by atoms with Gasteiger partial charge in [-0.25, -0.2) is 4.98 Å². The Morgan fingerprint density at radius 1 is 1.00 bits per heavy atom. The number of fused-ring (bicyclic) bond motifs is 1. The van der Waals surface area contributed by atoms with Gasteiger partial charge in [0.2, 0.25) is 0 Å². The quantitative estimate of drug-likeness (QED) is 0.779. The number of anilines is 1. The molecule has 1 fully saturated rings. The Morgan fingerprint density at radius 2 is 1.72 bits per heavy atom. The number of aromatic nitrogens is 2. The molecule has 4 rings (SSSR count). The first-order valence-corrected chi connectivity index (χ1v) is 8.24. The summed E-state index contributed by atoms with van der Waals surface area (Å²) in [7, 11) is 0. The van der Waals surface area contributed by atoms with Crippen molar-refractivity contribution in [3.63, 3.8) is 0 Å². The molecule has 6 nitrogen and oxygen atoms in total. The van der Waals surface area contributed by atoms with Crippen LogP contribution >= 0.6 is 0 Å². The van der Waals surface area contributed by atoms with Crippen molar-refractivity contribution in [2.45, 2.75) is 0 Å². The van der Waals surface area contributed by atoms with Crippen molar-refractivity contribution < 1.29 is 9.90 Å². The molecule has 1 aliphatic rings. The lowest BCUT2D eigenvalue weighted by molar-refractivity contribution is 0.0743. The normalized spacial score (nSPS) is 14.7. The van der Waals surface area contributed by atoms with Crippen molar-refractivity contribution in [2.24, 2.45) is 0 Å². The number of amides is 1. The fraction of sp³-hybridized carbons (Fsp3) is 0.211. The monoisotopic (exact) mass is 334 g/mol. The summed E-state index contributed by atoms with van der Waals surface area (Å²) in [4.78, 5) is 25.1. The lowest BCUT2D eigenvalue weighted by Crippen LogP contribution is -2.49. The highest BCUT2D eigenvalue weighted by Crippen LogP contribution is 2.26. The highest BCUT2D eigenvalue weighted by molar-refractivity contribution is 6.01. The molecule has 2 aromatic carbocycles. The van der Waals surface area contributed by atoms with Crippen LogP contribution in [0.25, 0.3) is 10.8 Å². The van der Waals surface area contributed by atoms with Gasteiger partial charge in [-0.1, -0.05) is 24.3 Å². The van der Waals surface area contributed by atoms with Crippen LogP contribution in [0.4, 0.5) is 5.82 Å². The molecule has 0 saturated carbocycles. The fourth-order valence-corrected chi connectivity index (χ4v) is 3.16. The molecule has 1 aliphatic heterocycles. The summed E-state index contributed by atoms with van der Waals surface area (Å²) in [5.41, 5.74) is 0.353. The minimum absolute atomic E-state index is 0.0278. The number of carbonyl (C=O) groups excluding carboxylic acids is 1. The van der Waals surface area contributed by atoms with Gasteiger partial charge in [0.05, 0.1) is 11.8 Å². The van der Waals surface area contributed by atoms with Crippen LogP contribution in [0.2, 0.25) is 0 Å². The van der Waals surface area contributed by atoms with E-state index in [9.17, 15) is 9.90 Å². The highest BCUT2D eigenvalue weighted by Gasteiger charge is 2.24. The minimum Gasteiger partial charge on any atom is -0.507 e. The molecule has 126 valence electrons. The van der Waals surface area contributed by atoms with Crippen LogP contribution in [0, 0.1) is 0 Å². The fourth-order valence-electron chi connectivity index (χ4n) is 3.16. The van der Waals surface area contributed by atoms with E-state index in [2.05, 4.69) is 14.9 Å². The maximum atomic E-state index is 12.8. The zero-order valence-electron chi connectivity index (χ0n) is 13.7. The van der Waals surface area contributed by atoms with E-state index in [1.807, 2.05) is 24.3 Å². The van der Waals surface area contributed by atoms with Gasteiger partial charge in [0.25, 0.3) is 5.91 Å². The second kappa shape index (κ2) is 6.39. The number of hydrogen-bond acceptors (Lipinski definition) is 5. The molecular weight excluding hydrogens is 316 g/mol. The molecule has 25 heavy (non-hydrogen) atoms. The molecule has 0 unspecified atom stereocenters. The Balaban J connectivity index is 1.52. The van der Waals surface area contributed by atoms with Crippen LogP contribution in [0.15, 0.2) is 55.0 Å². The summed E-state index contributed by atoms with van der Waals surface area (Å²) in [5, 5.41) is 12.1. The van der Waals surface area contributed by atoms with Crippen molar-refractivity contribution in [3.05, 3.63) is 60.6 Å². The lowest BCUT2D eigenvalue weighted by atomic mass is 10.0. The van der Waals surface area contributed by atoms with E-state index in [1.54, 1.807) is 35.6 Å². The third kappa shape index (κ3) is 2.98. The van der Waals surface area contributed by atoms with Crippen molar-refractivity contribution in [2.75, 3.05) is 31.1 Å². The molecule has 2 heterocycles. The number of phenols is 1. The number of phenolic OH excluding ortho intramolecular Hbond substituents is 1. The molecule has 0 spiro atoms. The number of benzene rings is 2. The van der Waals surface area contributed by atoms with E-state index in [4.69, 9.17) is 0 Å². The summed E-state index contributed by atoms with van der Waals surface area (Å²) in [6.45, 7) is 2.56. The summed E-state index contributed by atoms with van der Waals surface area (Å²) in [6, 6.07) is 11.1. The Morgan fingerprint density at radius 3 is 2.40 bits per heavy atom. The van der Waals surface area contributed by atoms with Crippen molar-refractivity contribution in [3.8, 4) is 5.75 Å². The van der Waals surface area contributed by atoms with Crippen LogP contribution in [-0.4, -0.2) is 52.1 Å². The molecule has 0 radical (unpaired) electrons. The maximum Gasteiger partial charge on any atom is 0.257 e. The van der Waals surface area contributed by atoms with Crippen LogP contribution in [0.1, 0.15) is 10.4 Å². The largest absolute Gasteiger partial charge is 0.507 e. The topological polar surface area (TPSA) is 69.6 Å². The van der Waals surface area contributed by atoms with Gasteiger partial charge in [-0.3, -0.25) is 9.78 Å². The van der Waals surface area contributed by atoms with Gasteiger partial charge in [0.1, 0.15) is 11.6 Å². The minimum atomic E-state index is -0.137. The average Bonchev–Trinajstić information content (AvgIpc) is 2.68. The smallest absolute Gasteiger partial charge is 0.257 e. The predicted octanol–water partition coefficient (Wildman–Crippen LogP) is 2.30. The number of carbonyl (C=O) groups is 1. The van der Waals surface area contributed by atoms with E-state index < -0.39 is 0 Å². The third-order valence-corrected chi connectivity index (χ3v) is 4.53. The highest BCUT2D eigenvalue weighted by atomic mass is 16.3. The molecule has 6 heteroatoms. The predicted molar refractivity (Wildman–Crippen MR) is 95.8 cm³/mol. The molecule has 1 N–H and O–H groups in total. The van der Waals surface area contributed by atoms with E-state index >= 15 is 0 Å². The molecule has 0 bridgehead atoms. The Hall–Kier alpha value is -3.15. The van der Waals surface area contributed by atoms with Crippen LogP contribution < -0.4 is 4.90 Å². The summed E-state index contributed by atoms with van der Waals surface area (Å²) < 4.78 is 0. The van der Waals surface area contributed by atoms with Gasteiger partial charge in [0, 0.05) is 38.6 Å². The van der Waals surface area contributed by atoms with E-state index in [-0.39, 0.29) is 11.7 Å². The molecule has 1 amide bonds. The van der Waals surface area contributed by atoms with Crippen molar-refractivity contribution in [1.82, 2.24) is 14.9 Å². The molecule has 0 aliphatic carbocycles. The molecule has 3 aromatic rings. The molecule has 0 atom stereocenters. The second-order valence-corrected chi connectivity index (χ2v) is 6.06. The molecule has 1 aromatic heterocycles. The second-order valence-electron chi connectivity index (χ2n) is 6.06. The summed E-state index contributed by atoms with van der Waals surface area (Å²) in [6.07, 6.45) is 5.04. The SMILES string of the molecule is O=C(c1cc2ccccc2cc1O)N1CCN(c2cnccn2)CC1. The van der Waals surface area contributed by atoms with Crippen LogP contribution in [0.5, 0.6) is 5.75 Å². The first-order valence-electron chi connectivity index (χ1n) is 8.24. The maximum absolute atomic E-state index is 12.8. The number of hydrogen-bond donors (Lipinski definition) is 1. The number of aromatic hydroxyl groups is 1. The summed E-state index contributed by atoms with van der Waals surface area (Å²) >= 11 is 0. The third-order valence-electron chi connectivity index (χ3n) is 4.53. The van der Waals surface area contributed by atoms with E-state index in [1.165, 1.54) is 0 Å². The van der Waals surface area contributed by atoms with E-state index in [0.717, 1.165) is 16.6 Å². The number of nitrogens with zero attached hydrogens (tertiary/aromatic N) is 4. The van der Waals surface area contributed by atoms with Gasteiger partial charge < -0.3 is 14.9 Å². The average molecular weight is 334 g/mol.